The lowest BCUT2D eigenvalue weighted by atomic mass is 9.99. The molecular formula is C14H23N3O4. The summed E-state index contributed by atoms with van der Waals surface area (Å²) in [5.74, 6) is -0.303. The molecule has 0 fully saturated rings. The van der Waals surface area contributed by atoms with Crippen LogP contribution >= 0.6 is 0 Å². The fourth-order valence-corrected chi connectivity index (χ4v) is 1.75. The molecule has 0 aliphatic rings. The standard InChI is InChI=1S/C14H23N3O4/c1-5-9(4)12(14(19)20)15-10(18)6-7-11-16-13(8(2)3)17-21-11/h8-9,12H,5-7H2,1-4H3,(H,15,18)(H,19,20). The van der Waals surface area contributed by atoms with Crippen molar-refractivity contribution in [3.8, 4) is 0 Å². The van der Waals surface area contributed by atoms with Gasteiger partial charge in [-0.15, -0.1) is 0 Å². The fourth-order valence-electron chi connectivity index (χ4n) is 1.75. The number of aromatic nitrogens is 2. The highest BCUT2D eigenvalue weighted by molar-refractivity contribution is 5.83. The Balaban J connectivity index is 2.50. The summed E-state index contributed by atoms with van der Waals surface area (Å²) in [4.78, 5) is 27.1. The maximum absolute atomic E-state index is 11.8. The van der Waals surface area contributed by atoms with Crippen molar-refractivity contribution >= 4 is 11.9 Å². The Morgan fingerprint density at radius 1 is 1.33 bits per heavy atom. The van der Waals surface area contributed by atoms with Crippen molar-refractivity contribution in [2.45, 2.75) is 58.9 Å². The molecular weight excluding hydrogens is 274 g/mol. The number of nitrogens with zero attached hydrogens (tertiary/aromatic N) is 2. The molecule has 2 unspecified atom stereocenters. The van der Waals surface area contributed by atoms with Gasteiger partial charge in [0.25, 0.3) is 0 Å². The molecule has 0 aliphatic heterocycles. The number of hydrogen-bond acceptors (Lipinski definition) is 5. The van der Waals surface area contributed by atoms with Crippen LogP contribution in [0.15, 0.2) is 4.52 Å². The summed E-state index contributed by atoms with van der Waals surface area (Å²) in [6.45, 7) is 7.58. The molecule has 0 aromatic carbocycles. The minimum absolute atomic E-state index is 0.123. The van der Waals surface area contributed by atoms with E-state index in [0.29, 0.717) is 24.6 Å². The molecule has 1 aromatic rings. The third-order valence-corrected chi connectivity index (χ3v) is 3.36. The van der Waals surface area contributed by atoms with Crippen LogP contribution in [0.3, 0.4) is 0 Å². The number of amides is 1. The first kappa shape index (κ1) is 17.1. The van der Waals surface area contributed by atoms with Crippen molar-refractivity contribution in [2.24, 2.45) is 5.92 Å². The Bertz CT molecular complexity index is 484. The molecule has 7 nitrogen and oxygen atoms in total. The largest absolute Gasteiger partial charge is 0.480 e. The number of aliphatic carboxylic acids is 1. The van der Waals surface area contributed by atoms with Gasteiger partial charge in [-0.3, -0.25) is 4.79 Å². The average Bonchev–Trinajstić information content (AvgIpc) is 2.90. The van der Waals surface area contributed by atoms with Gasteiger partial charge < -0.3 is 14.9 Å². The summed E-state index contributed by atoms with van der Waals surface area (Å²) < 4.78 is 5.04. The van der Waals surface area contributed by atoms with E-state index in [-0.39, 0.29) is 24.2 Å². The van der Waals surface area contributed by atoms with Crippen LogP contribution in [-0.2, 0) is 16.0 Å². The molecule has 7 heteroatoms. The van der Waals surface area contributed by atoms with E-state index in [1.807, 2.05) is 20.8 Å². The molecule has 1 amide bonds. The number of nitrogens with one attached hydrogen (secondary N) is 1. The van der Waals surface area contributed by atoms with E-state index in [4.69, 9.17) is 9.63 Å². The van der Waals surface area contributed by atoms with Crippen molar-refractivity contribution in [2.75, 3.05) is 0 Å². The van der Waals surface area contributed by atoms with Gasteiger partial charge in [0.1, 0.15) is 6.04 Å². The molecule has 0 bridgehead atoms. The third-order valence-electron chi connectivity index (χ3n) is 3.36. The molecule has 0 aliphatic carbocycles. The molecule has 21 heavy (non-hydrogen) atoms. The highest BCUT2D eigenvalue weighted by Crippen LogP contribution is 2.11. The molecule has 2 atom stereocenters. The molecule has 118 valence electrons. The summed E-state index contributed by atoms with van der Waals surface area (Å²) in [6.07, 6.45) is 1.11. The Morgan fingerprint density at radius 3 is 2.48 bits per heavy atom. The predicted octanol–water partition coefficient (Wildman–Crippen LogP) is 1.74. The van der Waals surface area contributed by atoms with Crippen molar-refractivity contribution in [3.05, 3.63) is 11.7 Å². The predicted molar refractivity (Wildman–Crippen MR) is 75.7 cm³/mol. The lowest BCUT2D eigenvalue weighted by Crippen LogP contribution is -2.45. The van der Waals surface area contributed by atoms with E-state index in [0.717, 1.165) is 0 Å². The molecule has 1 rings (SSSR count). The van der Waals surface area contributed by atoms with Gasteiger partial charge in [0.05, 0.1) is 0 Å². The van der Waals surface area contributed by atoms with Gasteiger partial charge in [0.2, 0.25) is 11.8 Å². The van der Waals surface area contributed by atoms with Gasteiger partial charge >= 0.3 is 5.97 Å². The van der Waals surface area contributed by atoms with Crippen LogP contribution in [0.4, 0.5) is 0 Å². The number of aryl methyl sites for hydroxylation is 1. The highest BCUT2D eigenvalue weighted by atomic mass is 16.5. The zero-order chi connectivity index (χ0) is 16.0. The summed E-state index contributed by atoms with van der Waals surface area (Å²) in [6, 6.07) is -0.864. The molecule has 1 aromatic heterocycles. The van der Waals surface area contributed by atoms with E-state index < -0.39 is 12.0 Å². The lowest BCUT2D eigenvalue weighted by molar-refractivity contribution is -0.143. The lowest BCUT2D eigenvalue weighted by Gasteiger charge is -2.19. The molecule has 1 heterocycles. The Hall–Kier alpha value is -1.92. The Labute approximate surface area is 124 Å². The SMILES string of the molecule is CCC(C)C(NC(=O)CCc1nc(C(C)C)no1)C(=O)O. The maximum Gasteiger partial charge on any atom is 0.326 e. The number of rotatable bonds is 8. The number of carbonyl (C=O) groups excluding carboxylic acids is 1. The molecule has 0 spiro atoms. The second-order valence-corrected chi connectivity index (χ2v) is 5.47. The van der Waals surface area contributed by atoms with Crippen LogP contribution in [0.1, 0.15) is 58.2 Å². The van der Waals surface area contributed by atoms with Crippen LogP contribution in [0, 0.1) is 5.92 Å². The van der Waals surface area contributed by atoms with E-state index in [1.54, 1.807) is 6.92 Å². The van der Waals surface area contributed by atoms with Crippen molar-refractivity contribution in [1.29, 1.82) is 0 Å². The highest BCUT2D eigenvalue weighted by Gasteiger charge is 2.25. The Kier molecular flexibility index (Phi) is 6.33. The third kappa shape index (κ3) is 5.17. The van der Waals surface area contributed by atoms with Gasteiger partial charge in [-0.05, 0) is 5.92 Å². The second-order valence-electron chi connectivity index (χ2n) is 5.47. The van der Waals surface area contributed by atoms with Gasteiger partial charge in [-0.2, -0.15) is 4.98 Å². The van der Waals surface area contributed by atoms with E-state index in [9.17, 15) is 9.59 Å². The Morgan fingerprint density at radius 2 is 2.00 bits per heavy atom. The van der Waals surface area contributed by atoms with Gasteiger partial charge in [0, 0.05) is 18.8 Å². The van der Waals surface area contributed by atoms with Crippen LogP contribution in [0.2, 0.25) is 0 Å². The van der Waals surface area contributed by atoms with Crippen molar-refractivity contribution < 1.29 is 19.2 Å². The first-order chi connectivity index (χ1) is 9.85. The minimum atomic E-state index is -1.02. The number of carbonyl (C=O) groups is 2. The second kappa shape index (κ2) is 7.75. The summed E-state index contributed by atoms with van der Waals surface area (Å²) >= 11 is 0. The first-order valence-corrected chi connectivity index (χ1v) is 7.19. The molecule has 2 N–H and O–H groups in total. The maximum atomic E-state index is 11.8. The smallest absolute Gasteiger partial charge is 0.326 e. The van der Waals surface area contributed by atoms with Crippen molar-refractivity contribution in [3.63, 3.8) is 0 Å². The van der Waals surface area contributed by atoms with Crippen LogP contribution in [0.5, 0.6) is 0 Å². The molecule has 0 radical (unpaired) electrons. The van der Waals surface area contributed by atoms with Crippen LogP contribution in [-0.4, -0.2) is 33.2 Å². The molecule has 0 saturated heterocycles. The number of hydrogen-bond donors (Lipinski definition) is 2. The molecule has 0 saturated carbocycles. The quantitative estimate of drug-likeness (QED) is 0.757. The first-order valence-electron chi connectivity index (χ1n) is 7.19. The topological polar surface area (TPSA) is 105 Å². The number of carboxylic acids is 1. The number of carboxylic acid groups (broad SMARTS) is 1. The van der Waals surface area contributed by atoms with Gasteiger partial charge in [-0.25, -0.2) is 4.79 Å². The average molecular weight is 297 g/mol. The van der Waals surface area contributed by atoms with Gasteiger partial charge in [0.15, 0.2) is 5.82 Å². The van der Waals surface area contributed by atoms with Gasteiger partial charge in [-0.1, -0.05) is 39.3 Å². The minimum Gasteiger partial charge on any atom is -0.480 e. The fraction of sp³-hybridized carbons (Fsp3) is 0.714. The van der Waals surface area contributed by atoms with E-state index in [1.165, 1.54) is 0 Å². The monoisotopic (exact) mass is 297 g/mol. The summed E-state index contributed by atoms with van der Waals surface area (Å²) in [7, 11) is 0. The van der Waals surface area contributed by atoms with Crippen LogP contribution < -0.4 is 5.32 Å². The van der Waals surface area contributed by atoms with E-state index in [2.05, 4.69) is 15.5 Å². The summed E-state index contributed by atoms with van der Waals surface area (Å²) in [5, 5.41) is 15.5. The van der Waals surface area contributed by atoms with Crippen molar-refractivity contribution in [1.82, 2.24) is 15.5 Å². The van der Waals surface area contributed by atoms with Crippen LogP contribution in [0.25, 0.3) is 0 Å². The zero-order valence-electron chi connectivity index (χ0n) is 12.9. The normalized spacial score (nSPS) is 14.0. The summed E-state index contributed by atoms with van der Waals surface area (Å²) in [5.41, 5.74) is 0. The van der Waals surface area contributed by atoms with E-state index >= 15 is 0 Å². The zero-order valence-corrected chi connectivity index (χ0v) is 12.9.